The third-order valence-corrected chi connectivity index (χ3v) is 3.19. The highest BCUT2D eigenvalue weighted by atomic mass is 35.5. The second-order valence-corrected chi connectivity index (χ2v) is 4.66. The highest BCUT2D eigenvalue weighted by molar-refractivity contribution is 6.35. The van der Waals surface area contributed by atoms with E-state index in [4.69, 9.17) is 23.2 Å². The number of hydrogen-bond donors (Lipinski definition) is 0. The van der Waals surface area contributed by atoms with Gasteiger partial charge in [0.15, 0.2) is 0 Å². The number of halogens is 2. The maximum Gasteiger partial charge on any atom is 0.223 e. The van der Waals surface area contributed by atoms with Crippen LogP contribution in [0.15, 0.2) is 18.2 Å². The summed E-state index contributed by atoms with van der Waals surface area (Å²) in [6.45, 7) is 0.766. The van der Waals surface area contributed by atoms with Crippen LogP contribution in [0.2, 0.25) is 10.0 Å². The van der Waals surface area contributed by atoms with Crippen molar-refractivity contribution in [3.05, 3.63) is 54.0 Å². The molecule has 1 rings (SSSR count). The van der Waals surface area contributed by atoms with Crippen LogP contribution in [-0.4, -0.2) is 22.4 Å². The second-order valence-electron chi connectivity index (χ2n) is 3.81. The van der Waals surface area contributed by atoms with E-state index >= 15 is 0 Å². The SMILES string of the molecule is C[C@H]([C@@H](C[N+](=O)[O-])c1ccc(Cl)cc1Cl)[N+](=O)[O-]. The van der Waals surface area contributed by atoms with Crippen molar-refractivity contribution in [1.82, 2.24) is 0 Å². The Hall–Kier alpha value is -1.40. The van der Waals surface area contributed by atoms with E-state index in [-0.39, 0.29) is 5.02 Å². The molecule has 98 valence electrons. The molecule has 0 spiro atoms. The molecular formula is C10H10Cl2N2O4. The minimum atomic E-state index is -1.10. The Morgan fingerprint density at radius 3 is 2.33 bits per heavy atom. The summed E-state index contributed by atoms with van der Waals surface area (Å²) in [4.78, 5) is 20.2. The van der Waals surface area contributed by atoms with Crippen molar-refractivity contribution in [2.45, 2.75) is 18.9 Å². The average molecular weight is 293 g/mol. The van der Waals surface area contributed by atoms with Crippen LogP contribution in [-0.2, 0) is 0 Å². The lowest BCUT2D eigenvalue weighted by molar-refractivity contribution is -0.543. The topological polar surface area (TPSA) is 86.3 Å². The summed E-state index contributed by atoms with van der Waals surface area (Å²) in [6, 6.07) is 3.30. The molecule has 0 unspecified atom stereocenters. The quantitative estimate of drug-likeness (QED) is 0.616. The highest BCUT2D eigenvalue weighted by Crippen LogP contribution is 2.30. The Morgan fingerprint density at radius 1 is 1.28 bits per heavy atom. The van der Waals surface area contributed by atoms with Gasteiger partial charge in [-0.05, 0) is 17.7 Å². The molecule has 0 aliphatic carbocycles. The molecule has 0 aromatic heterocycles. The first-order valence-corrected chi connectivity index (χ1v) is 5.78. The first-order valence-electron chi connectivity index (χ1n) is 5.03. The van der Waals surface area contributed by atoms with E-state index in [0.29, 0.717) is 10.6 Å². The number of nitrogens with zero attached hydrogens (tertiary/aromatic N) is 2. The standard InChI is InChI=1S/C10H10Cl2N2O4/c1-6(14(17)18)9(5-13(15)16)8-3-2-7(11)4-10(8)12/h2-4,6,9H,5H2,1H3/t6-,9-/m1/s1. The fourth-order valence-corrected chi connectivity index (χ4v) is 2.17. The van der Waals surface area contributed by atoms with Crippen LogP contribution in [0, 0.1) is 20.2 Å². The second kappa shape index (κ2) is 5.97. The van der Waals surface area contributed by atoms with E-state index in [0.717, 1.165) is 0 Å². The van der Waals surface area contributed by atoms with E-state index in [1.165, 1.54) is 25.1 Å². The minimum Gasteiger partial charge on any atom is -0.265 e. The van der Waals surface area contributed by atoms with Crippen LogP contribution in [0.1, 0.15) is 18.4 Å². The third-order valence-electron chi connectivity index (χ3n) is 2.62. The fraction of sp³-hybridized carbons (Fsp3) is 0.400. The summed E-state index contributed by atoms with van der Waals surface area (Å²) in [5.74, 6) is -0.889. The van der Waals surface area contributed by atoms with Crippen LogP contribution in [0.4, 0.5) is 0 Å². The summed E-state index contributed by atoms with van der Waals surface area (Å²) in [5, 5.41) is 22.0. The van der Waals surface area contributed by atoms with Gasteiger partial charge < -0.3 is 0 Å². The number of rotatable bonds is 5. The zero-order valence-electron chi connectivity index (χ0n) is 9.38. The van der Waals surface area contributed by atoms with Crippen molar-refractivity contribution in [2.24, 2.45) is 0 Å². The van der Waals surface area contributed by atoms with E-state index < -0.39 is 28.4 Å². The van der Waals surface area contributed by atoms with Crippen molar-refractivity contribution >= 4 is 23.2 Å². The molecule has 6 nitrogen and oxygen atoms in total. The molecule has 1 aromatic rings. The molecule has 0 radical (unpaired) electrons. The summed E-state index contributed by atoms with van der Waals surface area (Å²) in [7, 11) is 0. The first kappa shape index (κ1) is 14.7. The van der Waals surface area contributed by atoms with Crippen molar-refractivity contribution in [3.63, 3.8) is 0 Å². The molecule has 0 aliphatic heterocycles. The lowest BCUT2D eigenvalue weighted by Crippen LogP contribution is -2.29. The number of nitro groups is 2. The molecule has 8 heteroatoms. The number of benzene rings is 1. The van der Waals surface area contributed by atoms with Gasteiger partial charge >= 0.3 is 0 Å². The first-order chi connectivity index (χ1) is 8.32. The largest absolute Gasteiger partial charge is 0.265 e. The fourth-order valence-electron chi connectivity index (χ4n) is 1.62. The third kappa shape index (κ3) is 3.54. The van der Waals surface area contributed by atoms with Crippen LogP contribution >= 0.6 is 23.2 Å². The Morgan fingerprint density at radius 2 is 1.89 bits per heavy atom. The summed E-state index contributed by atoms with van der Waals surface area (Å²) < 4.78 is 0. The molecule has 0 saturated carbocycles. The van der Waals surface area contributed by atoms with Crippen molar-refractivity contribution in [3.8, 4) is 0 Å². The highest BCUT2D eigenvalue weighted by Gasteiger charge is 2.34. The van der Waals surface area contributed by atoms with Gasteiger partial charge in [-0.1, -0.05) is 29.3 Å². The van der Waals surface area contributed by atoms with Gasteiger partial charge in [-0.25, -0.2) is 0 Å². The number of hydrogen-bond acceptors (Lipinski definition) is 4. The monoisotopic (exact) mass is 292 g/mol. The van der Waals surface area contributed by atoms with Crippen LogP contribution < -0.4 is 0 Å². The molecular weight excluding hydrogens is 283 g/mol. The predicted octanol–water partition coefficient (Wildman–Crippen LogP) is 3.02. The van der Waals surface area contributed by atoms with Gasteiger partial charge in [-0.2, -0.15) is 0 Å². The van der Waals surface area contributed by atoms with E-state index in [1.54, 1.807) is 0 Å². The van der Waals surface area contributed by atoms with Crippen LogP contribution in [0.25, 0.3) is 0 Å². The Kier molecular flexibility index (Phi) is 4.86. The smallest absolute Gasteiger partial charge is 0.223 e. The maximum atomic E-state index is 10.8. The average Bonchev–Trinajstić information content (AvgIpc) is 2.25. The lowest BCUT2D eigenvalue weighted by atomic mass is 9.93. The molecule has 0 heterocycles. The molecule has 1 aromatic carbocycles. The normalized spacial score (nSPS) is 13.9. The maximum absolute atomic E-state index is 10.8. The van der Waals surface area contributed by atoms with Gasteiger partial charge in [0, 0.05) is 26.8 Å². The summed E-state index contributed by atoms with van der Waals surface area (Å²) in [6.07, 6.45) is 0. The van der Waals surface area contributed by atoms with E-state index in [1.807, 2.05) is 0 Å². The molecule has 0 aliphatic rings. The Balaban J connectivity index is 3.16. The van der Waals surface area contributed by atoms with Crippen molar-refractivity contribution in [2.75, 3.05) is 6.54 Å². The van der Waals surface area contributed by atoms with Crippen molar-refractivity contribution < 1.29 is 9.85 Å². The Labute approximate surface area is 113 Å². The van der Waals surface area contributed by atoms with Crippen molar-refractivity contribution in [1.29, 1.82) is 0 Å². The summed E-state index contributed by atoms with van der Waals surface area (Å²) in [5.41, 5.74) is 0.363. The molecule has 18 heavy (non-hydrogen) atoms. The van der Waals surface area contributed by atoms with Gasteiger partial charge in [0.1, 0.15) is 5.92 Å². The molecule has 0 fully saturated rings. The zero-order valence-corrected chi connectivity index (χ0v) is 10.9. The van der Waals surface area contributed by atoms with E-state index in [2.05, 4.69) is 0 Å². The Bertz CT molecular complexity index is 481. The van der Waals surface area contributed by atoms with Crippen LogP contribution in [0.5, 0.6) is 0 Å². The lowest BCUT2D eigenvalue weighted by Gasteiger charge is -2.16. The van der Waals surface area contributed by atoms with Gasteiger partial charge in [0.2, 0.25) is 12.6 Å². The van der Waals surface area contributed by atoms with Gasteiger partial charge in [0.25, 0.3) is 0 Å². The van der Waals surface area contributed by atoms with Gasteiger partial charge in [-0.15, -0.1) is 0 Å². The van der Waals surface area contributed by atoms with Gasteiger partial charge in [-0.3, -0.25) is 20.2 Å². The molecule has 0 saturated heterocycles. The molecule has 2 atom stereocenters. The van der Waals surface area contributed by atoms with Crippen LogP contribution in [0.3, 0.4) is 0 Å². The molecule has 0 amide bonds. The summed E-state index contributed by atoms with van der Waals surface area (Å²) >= 11 is 11.6. The molecule has 0 N–H and O–H groups in total. The predicted molar refractivity (Wildman–Crippen MR) is 67.5 cm³/mol. The molecule has 0 bridgehead atoms. The zero-order chi connectivity index (χ0) is 13.9. The van der Waals surface area contributed by atoms with E-state index in [9.17, 15) is 20.2 Å². The minimum absolute atomic E-state index is 0.197. The van der Waals surface area contributed by atoms with Gasteiger partial charge in [0.05, 0.1) is 0 Å².